The van der Waals surface area contributed by atoms with E-state index in [9.17, 15) is 0 Å². The number of para-hydroxylation sites is 2. The Labute approximate surface area is 167 Å². The van der Waals surface area contributed by atoms with Crippen molar-refractivity contribution in [2.45, 2.75) is 39.5 Å². The summed E-state index contributed by atoms with van der Waals surface area (Å²) in [5.74, 6) is 3.03. The molecule has 0 aliphatic carbocycles. The van der Waals surface area contributed by atoms with Crippen LogP contribution < -0.4 is 24.8 Å². The first-order chi connectivity index (χ1) is 13.5. The molecule has 0 heterocycles. The van der Waals surface area contributed by atoms with Gasteiger partial charge in [-0.2, -0.15) is 0 Å². The SMILES string of the molecule is CN=C(NCc1cccc(OC(C)C)c1)NCC(C)Oc1ccccc1OC. The fourth-order valence-electron chi connectivity index (χ4n) is 2.62. The number of ether oxygens (including phenoxy) is 3. The standard InChI is InChI=1S/C22H31N3O3/c1-16(2)27-19-10-8-9-18(13-19)15-25-22(23-4)24-14-17(3)28-21-12-7-6-11-20(21)26-5/h6-13,16-17H,14-15H2,1-5H3,(H2,23,24,25). The lowest BCUT2D eigenvalue weighted by Gasteiger charge is -2.19. The van der Waals surface area contributed by atoms with Crippen molar-refractivity contribution in [3.63, 3.8) is 0 Å². The number of aliphatic imine (C=N–C) groups is 1. The number of rotatable bonds is 9. The Morgan fingerprint density at radius 3 is 2.39 bits per heavy atom. The van der Waals surface area contributed by atoms with Gasteiger partial charge in [-0.05, 0) is 50.6 Å². The van der Waals surface area contributed by atoms with Crippen molar-refractivity contribution >= 4 is 5.96 Å². The molecule has 6 nitrogen and oxygen atoms in total. The first-order valence-electron chi connectivity index (χ1n) is 9.51. The number of nitrogens with one attached hydrogen (secondary N) is 2. The summed E-state index contributed by atoms with van der Waals surface area (Å²) < 4.78 is 17.0. The van der Waals surface area contributed by atoms with Crippen molar-refractivity contribution in [3.05, 3.63) is 54.1 Å². The van der Waals surface area contributed by atoms with E-state index in [2.05, 4.69) is 21.7 Å². The molecule has 152 valence electrons. The van der Waals surface area contributed by atoms with E-state index in [1.165, 1.54) is 0 Å². The van der Waals surface area contributed by atoms with Gasteiger partial charge in [-0.3, -0.25) is 4.99 Å². The Hall–Kier alpha value is -2.89. The quantitative estimate of drug-likeness (QED) is 0.510. The van der Waals surface area contributed by atoms with Crippen molar-refractivity contribution in [1.82, 2.24) is 10.6 Å². The van der Waals surface area contributed by atoms with E-state index in [-0.39, 0.29) is 12.2 Å². The molecule has 0 aromatic heterocycles. The number of hydrogen-bond donors (Lipinski definition) is 2. The van der Waals surface area contributed by atoms with Gasteiger partial charge >= 0.3 is 0 Å². The first kappa shape index (κ1) is 21.4. The highest BCUT2D eigenvalue weighted by atomic mass is 16.5. The van der Waals surface area contributed by atoms with E-state index >= 15 is 0 Å². The molecule has 0 radical (unpaired) electrons. The summed E-state index contributed by atoms with van der Waals surface area (Å²) in [6.45, 7) is 7.29. The minimum absolute atomic E-state index is 0.0578. The predicted octanol–water partition coefficient (Wildman–Crippen LogP) is 3.61. The molecule has 2 N–H and O–H groups in total. The molecule has 2 aromatic carbocycles. The summed E-state index contributed by atoms with van der Waals surface area (Å²) >= 11 is 0. The molecule has 0 aliphatic heterocycles. The fourth-order valence-corrected chi connectivity index (χ4v) is 2.62. The topological polar surface area (TPSA) is 64.1 Å². The summed E-state index contributed by atoms with van der Waals surface area (Å²) in [4.78, 5) is 4.27. The van der Waals surface area contributed by atoms with Crippen molar-refractivity contribution in [2.24, 2.45) is 4.99 Å². The van der Waals surface area contributed by atoms with Gasteiger partial charge in [-0.1, -0.05) is 24.3 Å². The molecule has 0 fully saturated rings. The third-order valence-corrected chi connectivity index (χ3v) is 3.91. The lowest BCUT2D eigenvalue weighted by molar-refractivity contribution is 0.213. The Kier molecular flexibility index (Phi) is 8.46. The van der Waals surface area contributed by atoms with E-state index in [0.717, 1.165) is 22.8 Å². The summed E-state index contributed by atoms with van der Waals surface area (Å²) in [6, 6.07) is 15.7. The molecule has 2 rings (SSSR count). The van der Waals surface area contributed by atoms with E-state index < -0.39 is 0 Å². The molecular weight excluding hydrogens is 354 g/mol. The van der Waals surface area contributed by atoms with Gasteiger partial charge in [0.05, 0.1) is 19.8 Å². The zero-order chi connectivity index (χ0) is 20.4. The summed E-state index contributed by atoms with van der Waals surface area (Å²) in [7, 11) is 3.39. The molecule has 0 spiro atoms. The number of methoxy groups -OCH3 is 1. The third kappa shape index (κ3) is 7.02. The Morgan fingerprint density at radius 2 is 1.71 bits per heavy atom. The Balaban J connectivity index is 1.82. The van der Waals surface area contributed by atoms with Crippen LogP contribution in [-0.2, 0) is 6.54 Å². The molecular formula is C22H31N3O3. The highest BCUT2D eigenvalue weighted by Crippen LogP contribution is 2.26. The van der Waals surface area contributed by atoms with Crippen LogP contribution in [0.1, 0.15) is 26.3 Å². The summed E-state index contributed by atoms with van der Waals surface area (Å²) in [6.07, 6.45) is 0.0972. The predicted molar refractivity (Wildman–Crippen MR) is 113 cm³/mol. The van der Waals surface area contributed by atoms with Crippen LogP contribution in [0, 0.1) is 0 Å². The van der Waals surface area contributed by atoms with Gasteiger partial charge < -0.3 is 24.8 Å². The third-order valence-electron chi connectivity index (χ3n) is 3.91. The average Bonchev–Trinajstić information content (AvgIpc) is 2.68. The monoisotopic (exact) mass is 385 g/mol. The van der Waals surface area contributed by atoms with Crippen molar-refractivity contribution < 1.29 is 14.2 Å². The second-order valence-electron chi connectivity index (χ2n) is 6.70. The van der Waals surface area contributed by atoms with Crippen LogP contribution in [0.15, 0.2) is 53.5 Å². The van der Waals surface area contributed by atoms with Gasteiger partial charge in [0.1, 0.15) is 11.9 Å². The summed E-state index contributed by atoms with van der Waals surface area (Å²) in [5.41, 5.74) is 1.12. The molecule has 0 saturated carbocycles. The van der Waals surface area contributed by atoms with E-state index in [0.29, 0.717) is 19.0 Å². The highest BCUT2D eigenvalue weighted by molar-refractivity contribution is 5.79. The van der Waals surface area contributed by atoms with E-state index in [1.54, 1.807) is 14.2 Å². The van der Waals surface area contributed by atoms with E-state index in [4.69, 9.17) is 14.2 Å². The summed E-state index contributed by atoms with van der Waals surface area (Å²) in [5, 5.41) is 6.60. The molecule has 28 heavy (non-hydrogen) atoms. The largest absolute Gasteiger partial charge is 0.493 e. The van der Waals surface area contributed by atoms with Crippen LogP contribution in [0.2, 0.25) is 0 Å². The molecule has 1 unspecified atom stereocenters. The van der Waals surface area contributed by atoms with Gasteiger partial charge in [-0.15, -0.1) is 0 Å². The average molecular weight is 386 g/mol. The van der Waals surface area contributed by atoms with Gasteiger partial charge in [-0.25, -0.2) is 0 Å². The zero-order valence-corrected chi connectivity index (χ0v) is 17.4. The molecule has 1 atom stereocenters. The van der Waals surface area contributed by atoms with E-state index in [1.807, 2.05) is 63.2 Å². The van der Waals surface area contributed by atoms with Crippen LogP contribution in [0.3, 0.4) is 0 Å². The zero-order valence-electron chi connectivity index (χ0n) is 17.4. The lowest BCUT2D eigenvalue weighted by Crippen LogP contribution is -2.41. The molecule has 0 bridgehead atoms. The van der Waals surface area contributed by atoms with Crippen LogP contribution in [0.4, 0.5) is 0 Å². The molecule has 2 aromatic rings. The van der Waals surface area contributed by atoms with Crippen LogP contribution in [-0.4, -0.2) is 38.9 Å². The van der Waals surface area contributed by atoms with Crippen LogP contribution in [0.25, 0.3) is 0 Å². The second-order valence-corrected chi connectivity index (χ2v) is 6.70. The number of nitrogens with zero attached hydrogens (tertiary/aromatic N) is 1. The minimum atomic E-state index is -0.0578. The molecule has 0 aliphatic rings. The number of benzene rings is 2. The Morgan fingerprint density at radius 1 is 0.964 bits per heavy atom. The maximum Gasteiger partial charge on any atom is 0.191 e. The van der Waals surface area contributed by atoms with Gasteiger partial charge in [0.15, 0.2) is 17.5 Å². The first-order valence-corrected chi connectivity index (χ1v) is 9.51. The smallest absolute Gasteiger partial charge is 0.191 e. The maximum absolute atomic E-state index is 5.96. The van der Waals surface area contributed by atoms with Crippen LogP contribution >= 0.6 is 0 Å². The number of guanidine groups is 1. The van der Waals surface area contributed by atoms with Crippen molar-refractivity contribution in [3.8, 4) is 17.2 Å². The van der Waals surface area contributed by atoms with Gasteiger partial charge in [0, 0.05) is 13.6 Å². The second kappa shape index (κ2) is 11.1. The van der Waals surface area contributed by atoms with Gasteiger partial charge in [0.25, 0.3) is 0 Å². The number of hydrogen-bond acceptors (Lipinski definition) is 4. The maximum atomic E-state index is 5.96. The fraction of sp³-hybridized carbons (Fsp3) is 0.409. The molecule has 0 saturated heterocycles. The van der Waals surface area contributed by atoms with Crippen molar-refractivity contribution in [1.29, 1.82) is 0 Å². The van der Waals surface area contributed by atoms with Gasteiger partial charge in [0.2, 0.25) is 0 Å². The van der Waals surface area contributed by atoms with Crippen LogP contribution in [0.5, 0.6) is 17.2 Å². The highest BCUT2D eigenvalue weighted by Gasteiger charge is 2.09. The Bertz CT molecular complexity index is 762. The normalized spacial score (nSPS) is 12.4. The minimum Gasteiger partial charge on any atom is -0.493 e. The molecule has 6 heteroatoms. The molecule has 0 amide bonds. The van der Waals surface area contributed by atoms with Crippen molar-refractivity contribution in [2.75, 3.05) is 20.7 Å². The lowest BCUT2D eigenvalue weighted by atomic mass is 10.2.